The van der Waals surface area contributed by atoms with Crippen LogP contribution in [0.15, 0.2) is 18.2 Å². The Balaban J connectivity index is 1.80. The van der Waals surface area contributed by atoms with Crippen molar-refractivity contribution in [2.24, 2.45) is 5.92 Å². The summed E-state index contributed by atoms with van der Waals surface area (Å²) in [5, 5.41) is 2.79. The fourth-order valence-electron chi connectivity index (χ4n) is 3.59. The summed E-state index contributed by atoms with van der Waals surface area (Å²) in [6.45, 7) is -0.523. The lowest BCUT2D eigenvalue weighted by molar-refractivity contribution is -0.291. The van der Waals surface area contributed by atoms with Crippen LogP contribution in [0, 0.1) is 5.92 Å². The maximum absolute atomic E-state index is 14.4. The number of carbonyl (C=O) groups excluding carboxylic acids is 1. The van der Waals surface area contributed by atoms with Gasteiger partial charge >= 0.3 is 12.2 Å². The monoisotopic (exact) mass is 388 g/mol. The highest BCUT2D eigenvalue weighted by molar-refractivity contribution is 6.30. The minimum Gasteiger partial charge on any atom is -0.359 e. The highest BCUT2D eigenvalue weighted by Gasteiger charge is 2.62. The molecule has 2 saturated carbocycles. The molecule has 3 aliphatic rings. The van der Waals surface area contributed by atoms with E-state index in [0.29, 0.717) is 12.8 Å². The van der Waals surface area contributed by atoms with Crippen LogP contribution in [-0.4, -0.2) is 36.3 Å². The normalized spacial score (nSPS) is 26.8. The van der Waals surface area contributed by atoms with Gasteiger partial charge in [0, 0.05) is 22.3 Å². The van der Waals surface area contributed by atoms with Gasteiger partial charge in [0.15, 0.2) is 0 Å². The average Bonchev–Trinajstić information content (AvgIpc) is 3.33. The number of benzene rings is 1. The van der Waals surface area contributed by atoms with Gasteiger partial charge in [-0.1, -0.05) is 18.0 Å². The smallest absolute Gasteiger partial charge is 0.359 e. The van der Waals surface area contributed by atoms with E-state index in [-0.39, 0.29) is 34.8 Å². The molecule has 2 aliphatic carbocycles. The lowest BCUT2D eigenvalue weighted by Crippen LogP contribution is -2.54. The molecule has 1 atom stereocenters. The first-order valence-electron chi connectivity index (χ1n) is 8.88. The molecule has 0 saturated heterocycles. The second kappa shape index (κ2) is 6.30. The van der Waals surface area contributed by atoms with Gasteiger partial charge in [-0.05, 0) is 49.8 Å². The van der Waals surface area contributed by atoms with Crippen LogP contribution in [0.2, 0.25) is 5.02 Å². The predicted octanol–water partition coefficient (Wildman–Crippen LogP) is 4.92. The van der Waals surface area contributed by atoms with Gasteiger partial charge in [-0.25, -0.2) is 4.79 Å². The Labute approximate surface area is 154 Å². The number of anilines is 1. The molecule has 1 unspecified atom stereocenters. The summed E-state index contributed by atoms with van der Waals surface area (Å²) in [6.07, 6.45) is -0.499. The number of alkyl halides is 3. The summed E-state index contributed by atoms with van der Waals surface area (Å²) in [5.41, 5.74) is -2.59. The van der Waals surface area contributed by atoms with E-state index in [4.69, 9.17) is 16.3 Å². The molecule has 2 amide bonds. The van der Waals surface area contributed by atoms with Crippen LogP contribution in [0.25, 0.3) is 0 Å². The number of hydrogen-bond acceptors (Lipinski definition) is 2. The second-order valence-corrected chi connectivity index (χ2v) is 7.85. The first-order valence-corrected chi connectivity index (χ1v) is 9.26. The molecule has 0 radical (unpaired) electrons. The molecular formula is C18H20ClF3N2O2. The number of nitrogens with one attached hydrogen (secondary N) is 1. The maximum atomic E-state index is 14.4. The fourth-order valence-corrected chi connectivity index (χ4v) is 3.76. The number of hydrogen-bond donors (Lipinski definition) is 1. The molecule has 4 rings (SSSR count). The summed E-state index contributed by atoms with van der Waals surface area (Å²) in [6, 6.07) is 3.46. The van der Waals surface area contributed by atoms with Gasteiger partial charge in [-0.15, -0.1) is 0 Å². The number of rotatable bonds is 4. The Kier molecular flexibility index (Phi) is 4.34. The van der Waals surface area contributed by atoms with E-state index in [1.165, 1.54) is 23.1 Å². The molecule has 0 spiro atoms. The molecule has 0 bridgehead atoms. The van der Waals surface area contributed by atoms with Crippen LogP contribution in [-0.2, 0) is 10.3 Å². The SMILES string of the molecule is O=C1Nc2ccc(Cl)cc2C(OCC2CCC2)(C(F)(F)F)CN1C1CC1. The summed E-state index contributed by atoms with van der Waals surface area (Å²) in [7, 11) is 0. The first kappa shape index (κ1) is 17.9. The maximum Gasteiger partial charge on any atom is 0.423 e. The summed E-state index contributed by atoms with van der Waals surface area (Å²) in [4.78, 5) is 13.8. The van der Waals surface area contributed by atoms with Crippen LogP contribution in [0.1, 0.15) is 37.7 Å². The molecule has 0 aromatic heterocycles. The Morgan fingerprint density at radius 1 is 1.27 bits per heavy atom. The predicted molar refractivity (Wildman–Crippen MR) is 91.2 cm³/mol. The number of halogens is 4. The van der Waals surface area contributed by atoms with Crippen molar-refractivity contribution in [2.75, 3.05) is 18.5 Å². The highest BCUT2D eigenvalue weighted by Crippen LogP contribution is 2.49. The number of nitrogens with zero attached hydrogens (tertiary/aromatic N) is 1. The Morgan fingerprint density at radius 2 is 2.00 bits per heavy atom. The van der Waals surface area contributed by atoms with Gasteiger partial charge in [0.05, 0.1) is 13.2 Å². The Bertz CT molecular complexity index is 719. The zero-order valence-electron chi connectivity index (χ0n) is 14.1. The zero-order valence-corrected chi connectivity index (χ0v) is 14.9. The average molecular weight is 389 g/mol. The minimum absolute atomic E-state index is 0.0260. The molecule has 1 heterocycles. The van der Waals surface area contributed by atoms with E-state index in [2.05, 4.69) is 5.32 Å². The lowest BCUT2D eigenvalue weighted by atomic mass is 9.85. The van der Waals surface area contributed by atoms with E-state index < -0.39 is 24.4 Å². The largest absolute Gasteiger partial charge is 0.423 e. The van der Waals surface area contributed by atoms with Gasteiger partial charge < -0.3 is 15.0 Å². The fraction of sp³-hybridized carbons (Fsp3) is 0.611. The van der Waals surface area contributed by atoms with Crippen molar-refractivity contribution in [1.82, 2.24) is 4.90 Å². The molecule has 1 aliphatic heterocycles. The number of fused-ring (bicyclic) bond motifs is 1. The van der Waals surface area contributed by atoms with Crippen molar-refractivity contribution in [3.05, 3.63) is 28.8 Å². The lowest BCUT2D eigenvalue weighted by Gasteiger charge is -2.40. The molecule has 4 nitrogen and oxygen atoms in total. The second-order valence-electron chi connectivity index (χ2n) is 7.41. The molecule has 142 valence electrons. The van der Waals surface area contributed by atoms with E-state index in [9.17, 15) is 18.0 Å². The number of amides is 2. The summed E-state index contributed by atoms with van der Waals surface area (Å²) >= 11 is 6.01. The standard InChI is InChI=1S/C18H20ClF3N2O2/c19-12-4-7-15-14(8-12)17(18(20,21)22,26-9-11-2-1-3-11)10-24(13-5-6-13)16(25)23-15/h4,7-8,11,13H,1-3,5-6,9-10H2,(H,23,25). The molecule has 8 heteroatoms. The Hall–Kier alpha value is -1.47. The molecule has 1 aromatic carbocycles. The van der Waals surface area contributed by atoms with Crippen molar-refractivity contribution < 1.29 is 22.7 Å². The van der Waals surface area contributed by atoms with Gasteiger partial charge in [0.1, 0.15) is 0 Å². The van der Waals surface area contributed by atoms with Crippen LogP contribution in [0.3, 0.4) is 0 Å². The van der Waals surface area contributed by atoms with Crippen molar-refractivity contribution >= 4 is 23.3 Å². The molecule has 1 aromatic rings. The quantitative estimate of drug-likeness (QED) is 0.795. The van der Waals surface area contributed by atoms with Gasteiger partial charge in [0.25, 0.3) is 0 Å². The first-order chi connectivity index (χ1) is 12.3. The van der Waals surface area contributed by atoms with Gasteiger partial charge in [0.2, 0.25) is 5.60 Å². The molecule has 1 N–H and O–H groups in total. The third kappa shape index (κ3) is 3.05. The third-order valence-electron chi connectivity index (χ3n) is 5.55. The summed E-state index contributed by atoms with van der Waals surface area (Å²) < 4.78 is 48.9. The number of carbonyl (C=O) groups is 1. The molecule has 26 heavy (non-hydrogen) atoms. The minimum atomic E-state index is -4.68. The van der Waals surface area contributed by atoms with Crippen LogP contribution in [0.5, 0.6) is 0 Å². The summed E-state index contributed by atoms with van der Waals surface area (Å²) in [5.74, 6) is 0.137. The van der Waals surface area contributed by atoms with Crippen LogP contribution in [0.4, 0.5) is 23.7 Å². The van der Waals surface area contributed by atoms with E-state index in [0.717, 1.165) is 19.3 Å². The zero-order chi connectivity index (χ0) is 18.5. The highest BCUT2D eigenvalue weighted by atomic mass is 35.5. The number of urea groups is 1. The van der Waals surface area contributed by atoms with E-state index in [1.54, 1.807) is 0 Å². The topological polar surface area (TPSA) is 41.6 Å². The van der Waals surface area contributed by atoms with Crippen molar-refractivity contribution in [3.8, 4) is 0 Å². The third-order valence-corrected chi connectivity index (χ3v) is 5.78. The van der Waals surface area contributed by atoms with Crippen molar-refractivity contribution in [3.63, 3.8) is 0 Å². The molecule has 2 fully saturated rings. The molecular weight excluding hydrogens is 369 g/mol. The van der Waals surface area contributed by atoms with Crippen molar-refractivity contribution in [1.29, 1.82) is 0 Å². The van der Waals surface area contributed by atoms with Crippen molar-refractivity contribution in [2.45, 2.75) is 49.9 Å². The van der Waals surface area contributed by atoms with E-state index in [1.807, 2.05) is 0 Å². The Morgan fingerprint density at radius 3 is 2.58 bits per heavy atom. The van der Waals surface area contributed by atoms with Gasteiger partial charge in [-0.3, -0.25) is 0 Å². The van der Waals surface area contributed by atoms with E-state index >= 15 is 0 Å². The number of ether oxygens (including phenoxy) is 1. The van der Waals surface area contributed by atoms with Crippen LogP contribution >= 0.6 is 11.6 Å². The van der Waals surface area contributed by atoms with Crippen LogP contribution < -0.4 is 5.32 Å². The van der Waals surface area contributed by atoms with Gasteiger partial charge in [-0.2, -0.15) is 13.2 Å².